The fourth-order valence-corrected chi connectivity index (χ4v) is 6.08. The molecule has 0 spiro atoms. The van der Waals surface area contributed by atoms with E-state index in [2.05, 4.69) is 26.6 Å². The van der Waals surface area contributed by atoms with Gasteiger partial charge in [-0.05, 0) is 56.2 Å². The van der Waals surface area contributed by atoms with Gasteiger partial charge in [-0.2, -0.15) is 0 Å². The Hall–Kier alpha value is -5.56. The van der Waals surface area contributed by atoms with Gasteiger partial charge in [0.15, 0.2) is 0 Å². The van der Waals surface area contributed by atoms with Crippen molar-refractivity contribution in [3.63, 3.8) is 0 Å². The first kappa shape index (κ1) is 42.8. The molecule has 0 fully saturated rings. The first-order valence-corrected chi connectivity index (χ1v) is 18.4. The van der Waals surface area contributed by atoms with E-state index in [4.69, 9.17) is 11.5 Å². The molecule has 3 aromatic carbocycles. The van der Waals surface area contributed by atoms with Crippen LogP contribution in [0.25, 0.3) is 0 Å². The number of carbonyl (C=O) groups excluding carboxylic acids is 6. The summed E-state index contributed by atoms with van der Waals surface area (Å²) in [6, 6.07) is 24.8. The molecule has 13 heteroatoms. The van der Waals surface area contributed by atoms with E-state index in [9.17, 15) is 28.8 Å². The van der Waals surface area contributed by atoms with Crippen LogP contribution in [0.5, 0.6) is 0 Å². The minimum absolute atomic E-state index is 0.164. The molecular weight excluding hydrogens is 686 g/mol. The Bertz CT molecular complexity index is 1610. The molecule has 54 heavy (non-hydrogen) atoms. The zero-order valence-electron chi connectivity index (χ0n) is 31.7. The van der Waals surface area contributed by atoms with Gasteiger partial charge >= 0.3 is 0 Å². The molecule has 0 radical (unpaired) electrons. The second-order valence-corrected chi connectivity index (χ2v) is 13.9. The van der Waals surface area contributed by atoms with Gasteiger partial charge in [-0.15, -0.1) is 0 Å². The molecule has 0 aliphatic heterocycles. The van der Waals surface area contributed by atoms with Gasteiger partial charge in [-0.1, -0.05) is 111 Å². The molecule has 3 aromatic rings. The van der Waals surface area contributed by atoms with Crippen LogP contribution >= 0.6 is 0 Å². The lowest BCUT2D eigenvalue weighted by Crippen LogP contribution is -2.62. The van der Waals surface area contributed by atoms with E-state index in [0.717, 1.165) is 23.1 Å². The van der Waals surface area contributed by atoms with Crippen LogP contribution in [0.3, 0.4) is 0 Å². The summed E-state index contributed by atoms with van der Waals surface area (Å²) in [6.45, 7) is 6.67. The van der Waals surface area contributed by atoms with E-state index in [1.807, 2.05) is 97.9 Å². The molecule has 3 atom stereocenters. The van der Waals surface area contributed by atoms with Crippen LogP contribution in [-0.2, 0) is 34.3 Å². The number of nitrogens with one attached hydrogen (secondary N) is 5. The summed E-state index contributed by atoms with van der Waals surface area (Å²) in [6.07, 6.45) is 2.60. The van der Waals surface area contributed by atoms with Gasteiger partial charge in [0.05, 0.1) is 12.5 Å². The van der Waals surface area contributed by atoms with Crippen molar-refractivity contribution in [2.45, 2.75) is 102 Å². The zero-order chi connectivity index (χ0) is 39.7. The van der Waals surface area contributed by atoms with Crippen molar-refractivity contribution >= 4 is 35.4 Å². The van der Waals surface area contributed by atoms with Gasteiger partial charge in [0.25, 0.3) is 0 Å². The predicted octanol–water partition coefficient (Wildman–Crippen LogP) is 2.66. The SMILES string of the molecule is CCCC[C@H](NC(=O)C(C)(C)NC(=O)[C@H](CC(=O)NC(c1ccccc1)(c1ccccc1)c1ccccc1)NC(=O)[C@@H](N)CCCCNC(C)=O)C(N)=O. The largest absolute Gasteiger partial charge is 0.368 e. The predicted molar refractivity (Wildman–Crippen MR) is 207 cm³/mol. The Balaban J connectivity index is 1.95. The van der Waals surface area contributed by atoms with Crippen LogP contribution in [0.1, 0.15) is 89.3 Å². The van der Waals surface area contributed by atoms with Crippen molar-refractivity contribution in [2.75, 3.05) is 6.54 Å². The Morgan fingerprint density at radius 3 is 1.65 bits per heavy atom. The number of hydrogen-bond acceptors (Lipinski definition) is 7. The van der Waals surface area contributed by atoms with Gasteiger partial charge in [-0.3, -0.25) is 28.8 Å². The van der Waals surface area contributed by atoms with Crippen molar-refractivity contribution in [1.82, 2.24) is 26.6 Å². The minimum atomic E-state index is -1.58. The summed E-state index contributed by atoms with van der Waals surface area (Å²) in [4.78, 5) is 78.4. The van der Waals surface area contributed by atoms with Crippen molar-refractivity contribution < 1.29 is 28.8 Å². The maximum absolute atomic E-state index is 14.3. The minimum Gasteiger partial charge on any atom is -0.368 e. The van der Waals surface area contributed by atoms with Crippen LogP contribution in [-0.4, -0.2) is 65.7 Å². The van der Waals surface area contributed by atoms with Gasteiger partial charge in [0.1, 0.15) is 23.2 Å². The Morgan fingerprint density at radius 1 is 0.667 bits per heavy atom. The summed E-state index contributed by atoms with van der Waals surface area (Å²) in [7, 11) is 0. The van der Waals surface area contributed by atoms with Gasteiger partial charge in [0.2, 0.25) is 35.4 Å². The Labute approximate surface area is 317 Å². The quantitative estimate of drug-likeness (QED) is 0.0640. The molecule has 6 amide bonds. The average molecular weight is 742 g/mol. The second kappa shape index (κ2) is 20.6. The van der Waals surface area contributed by atoms with E-state index in [-0.39, 0.29) is 12.3 Å². The van der Waals surface area contributed by atoms with E-state index in [0.29, 0.717) is 32.2 Å². The summed E-state index contributed by atoms with van der Waals surface area (Å²) in [5, 5.41) is 13.8. The summed E-state index contributed by atoms with van der Waals surface area (Å²) >= 11 is 0. The smallest absolute Gasteiger partial charge is 0.245 e. The molecule has 0 unspecified atom stereocenters. The molecule has 9 N–H and O–H groups in total. The molecule has 3 rings (SSSR count). The molecule has 290 valence electrons. The third kappa shape index (κ3) is 12.3. The van der Waals surface area contributed by atoms with Crippen molar-refractivity contribution in [3.05, 3.63) is 108 Å². The van der Waals surface area contributed by atoms with E-state index in [1.54, 1.807) is 0 Å². The first-order valence-electron chi connectivity index (χ1n) is 18.4. The summed E-state index contributed by atoms with van der Waals surface area (Å²) in [5.74, 6) is -3.60. The number of primary amides is 1. The van der Waals surface area contributed by atoms with E-state index >= 15 is 0 Å². The molecule has 0 aromatic heterocycles. The highest BCUT2D eigenvalue weighted by Gasteiger charge is 2.40. The summed E-state index contributed by atoms with van der Waals surface area (Å²) < 4.78 is 0. The number of amides is 6. The Kier molecular flexibility index (Phi) is 16.4. The highest BCUT2D eigenvalue weighted by atomic mass is 16.2. The molecule has 0 aliphatic rings. The van der Waals surface area contributed by atoms with Crippen LogP contribution in [0.2, 0.25) is 0 Å². The van der Waals surface area contributed by atoms with Crippen molar-refractivity contribution in [2.24, 2.45) is 11.5 Å². The number of rotatable bonds is 21. The molecule has 0 bridgehead atoms. The average Bonchev–Trinajstić information content (AvgIpc) is 3.15. The monoisotopic (exact) mass is 741 g/mol. The first-order chi connectivity index (χ1) is 25.7. The molecule has 0 saturated carbocycles. The topological polar surface area (TPSA) is 215 Å². The van der Waals surface area contributed by atoms with Crippen LogP contribution < -0.4 is 38.1 Å². The number of nitrogens with two attached hydrogens (primary N) is 2. The van der Waals surface area contributed by atoms with Crippen molar-refractivity contribution in [3.8, 4) is 0 Å². The highest BCUT2D eigenvalue weighted by Crippen LogP contribution is 2.37. The molecule has 0 heterocycles. The van der Waals surface area contributed by atoms with Crippen LogP contribution in [0.15, 0.2) is 91.0 Å². The molecule has 0 aliphatic carbocycles. The third-order valence-corrected chi connectivity index (χ3v) is 9.12. The fraction of sp³-hybridized carbons (Fsp3) is 0.415. The maximum Gasteiger partial charge on any atom is 0.245 e. The standard InChI is InChI=1S/C41H55N7O6/c1-5-6-25-33(36(43)51)46-39(54)40(3,4)48-38(53)34(45-37(52)32(42)24-16-17-26-44-28(2)49)27-35(50)47-41(29-18-10-7-11-19-29,30-20-12-8-13-21-30)31-22-14-9-15-23-31/h7-15,18-23,32-34H,5-6,16-17,24-27,42H2,1-4H3,(H2,43,51)(H,44,49)(H,45,52)(H,46,54)(H,47,50)(H,48,53)/t32-,33-,34-/m0/s1. The van der Waals surface area contributed by atoms with Crippen molar-refractivity contribution in [1.29, 1.82) is 0 Å². The number of hydrogen-bond donors (Lipinski definition) is 7. The Morgan fingerprint density at radius 2 is 1.19 bits per heavy atom. The summed E-state index contributed by atoms with van der Waals surface area (Å²) in [5.41, 5.74) is 11.3. The van der Waals surface area contributed by atoms with Gasteiger partial charge in [0, 0.05) is 13.5 Å². The van der Waals surface area contributed by atoms with Crippen LogP contribution in [0, 0.1) is 0 Å². The molecular formula is C41H55N7O6. The third-order valence-electron chi connectivity index (χ3n) is 9.12. The number of carbonyl (C=O) groups is 6. The molecule has 0 saturated heterocycles. The number of unbranched alkanes of at least 4 members (excludes halogenated alkanes) is 2. The van der Waals surface area contributed by atoms with E-state index < -0.39 is 65.2 Å². The highest BCUT2D eigenvalue weighted by molar-refractivity contribution is 5.98. The van der Waals surface area contributed by atoms with Gasteiger partial charge in [-0.25, -0.2) is 0 Å². The molecule has 13 nitrogen and oxygen atoms in total. The lowest BCUT2D eigenvalue weighted by Gasteiger charge is -2.37. The lowest BCUT2D eigenvalue weighted by atomic mass is 9.77. The van der Waals surface area contributed by atoms with Gasteiger partial charge < -0.3 is 38.1 Å². The van der Waals surface area contributed by atoms with Crippen LogP contribution in [0.4, 0.5) is 0 Å². The second-order valence-electron chi connectivity index (χ2n) is 13.9. The zero-order valence-corrected chi connectivity index (χ0v) is 31.7. The van der Waals surface area contributed by atoms with E-state index in [1.165, 1.54) is 20.8 Å². The fourth-order valence-electron chi connectivity index (χ4n) is 6.08. The normalized spacial score (nSPS) is 13.1. The number of benzene rings is 3. The maximum atomic E-state index is 14.3. The lowest BCUT2D eigenvalue weighted by molar-refractivity contribution is -0.137.